The van der Waals surface area contributed by atoms with Gasteiger partial charge < -0.3 is 20.5 Å². The van der Waals surface area contributed by atoms with Gasteiger partial charge in [-0.05, 0) is 54.4 Å². The zero-order chi connectivity index (χ0) is 25.7. The molecule has 4 aromatic rings. The third-order valence-corrected chi connectivity index (χ3v) is 5.53. The number of hydrogen-bond donors (Lipinski definition) is 3. The van der Waals surface area contributed by atoms with Crippen LogP contribution in [0.25, 0.3) is 11.0 Å². The Morgan fingerprint density at radius 1 is 1.15 bits per heavy atom. The van der Waals surface area contributed by atoms with Crippen molar-refractivity contribution in [1.29, 1.82) is 0 Å². The first-order valence-corrected chi connectivity index (χ1v) is 10.3. The van der Waals surface area contributed by atoms with Crippen LogP contribution >= 0.6 is 0 Å². The molecule has 5 rings (SSSR count). The third-order valence-electron chi connectivity index (χ3n) is 5.53. The molecule has 0 saturated carbocycles. The number of carbonyl (C=O) groups excluding carboxylic acids is 1. The van der Waals surface area contributed by atoms with Crippen LogP contribution in [0.4, 0.5) is 39.4 Å². The number of halogens is 4. The Labute approximate surface area is 194 Å². The Balaban J connectivity index is 1.40. The molecular formula is C24H19F4N5O. The van der Waals surface area contributed by atoms with E-state index in [4.69, 9.17) is 2.74 Å². The maximum Gasteiger partial charge on any atom is 0.416 e. The Hall–Kier alpha value is -4.08. The van der Waals surface area contributed by atoms with E-state index in [1.807, 2.05) is 0 Å². The monoisotopic (exact) mass is 471 g/mol. The molecule has 0 unspecified atom stereocenters. The van der Waals surface area contributed by atoms with E-state index in [1.54, 1.807) is 41.4 Å². The average molecular weight is 471 g/mol. The summed E-state index contributed by atoms with van der Waals surface area (Å²) in [6.07, 6.45) is -1.07. The fraction of sp³-hybridized carbons (Fsp3) is 0.167. The van der Waals surface area contributed by atoms with Gasteiger partial charge in [0.25, 0.3) is 0 Å². The van der Waals surface area contributed by atoms with Crippen molar-refractivity contribution in [3.8, 4) is 0 Å². The second kappa shape index (κ2) is 8.36. The predicted octanol–water partition coefficient (Wildman–Crippen LogP) is 5.93. The fourth-order valence-electron chi connectivity index (χ4n) is 3.94. The van der Waals surface area contributed by atoms with Crippen molar-refractivity contribution in [2.75, 3.05) is 22.1 Å². The highest BCUT2D eigenvalue weighted by Gasteiger charge is 2.31. The van der Waals surface area contributed by atoms with Gasteiger partial charge >= 0.3 is 12.2 Å². The van der Waals surface area contributed by atoms with Gasteiger partial charge in [0, 0.05) is 47.8 Å². The Morgan fingerprint density at radius 2 is 1.97 bits per heavy atom. The normalized spacial score (nSPS) is 14.5. The SMILES string of the molecule is [2H]C([2H])(c1ccnc2[nH]ccc12)N1CCc2c(NC(=O)Nc3cc(C(F)(F)F)ccc3F)cccc21. The summed E-state index contributed by atoms with van der Waals surface area (Å²) in [6, 6.07) is 9.15. The molecule has 0 spiro atoms. The van der Waals surface area contributed by atoms with Gasteiger partial charge in [0.1, 0.15) is 11.5 Å². The smallest absolute Gasteiger partial charge is 0.367 e. The first-order valence-electron chi connectivity index (χ1n) is 11.3. The summed E-state index contributed by atoms with van der Waals surface area (Å²) in [5.41, 5.74) is 0.843. The third kappa shape index (κ3) is 4.14. The molecule has 2 aromatic heterocycles. The highest BCUT2D eigenvalue weighted by Crippen LogP contribution is 2.36. The minimum absolute atomic E-state index is 0.319. The number of amides is 2. The summed E-state index contributed by atoms with van der Waals surface area (Å²) in [5, 5.41) is 5.32. The van der Waals surface area contributed by atoms with E-state index >= 15 is 0 Å². The Kier molecular flexibility index (Phi) is 4.77. The maximum absolute atomic E-state index is 14.0. The van der Waals surface area contributed by atoms with E-state index in [0.717, 1.165) is 0 Å². The standard InChI is InChI=1S/C24H19F4N5O/c25-18-5-4-15(24(26,27)28)12-20(18)32-23(34)31-19-2-1-3-21-17(19)8-11-33(21)13-14-6-9-29-22-16(14)7-10-30-22/h1-7,9-10,12H,8,11,13H2,(H,29,30)(H2,31,32,34)/i13D2. The fourth-order valence-corrected chi connectivity index (χ4v) is 3.94. The van der Waals surface area contributed by atoms with Crippen molar-refractivity contribution in [3.63, 3.8) is 0 Å². The molecular weight excluding hydrogens is 450 g/mol. The van der Waals surface area contributed by atoms with Crippen molar-refractivity contribution in [2.24, 2.45) is 0 Å². The molecule has 1 aliphatic heterocycles. The largest absolute Gasteiger partial charge is 0.416 e. The summed E-state index contributed by atoms with van der Waals surface area (Å²) in [6.45, 7) is -1.59. The van der Waals surface area contributed by atoms with Gasteiger partial charge in [0.05, 0.1) is 14.0 Å². The van der Waals surface area contributed by atoms with Crippen LogP contribution in [0.5, 0.6) is 0 Å². The van der Waals surface area contributed by atoms with Gasteiger partial charge in [-0.1, -0.05) is 6.07 Å². The molecule has 0 atom stereocenters. The van der Waals surface area contributed by atoms with Crippen molar-refractivity contribution in [2.45, 2.75) is 19.1 Å². The molecule has 0 radical (unpaired) electrons. The summed E-state index contributed by atoms with van der Waals surface area (Å²) < 4.78 is 70.7. The van der Waals surface area contributed by atoms with E-state index in [-0.39, 0.29) is 0 Å². The van der Waals surface area contributed by atoms with Gasteiger partial charge in [-0.2, -0.15) is 13.2 Å². The molecule has 0 saturated heterocycles. The first kappa shape index (κ1) is 19.4. The average Bonchev–Trinajstić information content (AvgIpc) is 3.47. The van der Waals surface area contributed by atoms with Crippen LogP contribution in [0.3, 0.4) is 0 Å². The molecule has 0 aliphatic carbocycles. The van der Waals surface area contributed by atoms with E-state index in [0.29, 0.717) is 64.7 Å². The summed E-state index contributed by atoms with van der Waals surface area (Å²) >= 11 is 0. The molecule has 10 heteroatoms. The number of hydrogen-bond acceptors (Lipinski definition) is 3. The van der Waals surface area contributed by atoms with Crippen LogP contribution in [-0.2, 0) is 19.1 Å². The van der Waals surface area contributed by atoms with Crippen LogP contribution in [0, 0.1) is 5.82 Å². The van der Waals surface area contributed by atoms with E-state index in [9.17, 15) is 22.4 Å². The summed E-state index contributed by atoms with van der Waals surface area (Å²) in [5.74, 6) is -1.01. The van der Waals surface area contributed by atoms with Crippen LogP contribution in [0.15, 0.2) is 60.9 Å². The van der Waals surface area contributed by atoms with Crippen molar-refractivity contribution < 1.29 is 25.1 Å². The van der Waals surface area contributed by atoms with Gasteiger partial charge in [0.2, 0.25) is 0 Å². The summed E-state index contributed by atoms with van der Waals surface area (Å²) in [7, 11) is 0. The minimum Gasteiger partial charge on any atom is -0.367 e. The number of anilines is 3. The Morgan fingerprint density at radius 3 is 2.79 bits per heavy atom. The number of fused-ring (bicyclic) bond motifs is 2. The molecule has 3 N–H and O–H groups in total. The van der Waals surface area contributed by atoms with Gasteiger partial charge in [-0.15, -0.1) is 0 Å². The second-order valence-electron chi connectivity index (χ2n) is 7.69. The maximum atomic E-state index is 14.0. The number of rotatable bonds is 4. The predicted molar refractivity (Wildman–Crippen MR) is 121 cm³/mol. The number of aromatic nitrogens is 2. The molecule has 2 aromatic carbocycles. The number of aromatic amines is 1. The number of urea groups is 1. The van der Waals surface area contributed by atoms with E-state index < -0.39 is 35.8 Å². The topological polar surface area (TPSA) is 73.0 Å². The molecule has 6 nitrogen and oxygen atoms in total. The van der Waals surface area contributed by atoms with Crippen molar-refractivity contribution in [3.05, 3.63) is 83.4 Å². The van der Waals surface area contributed by atoms with Gasteiger partial charge in [0.15, 0.2) is 0 Å². The Bertz CT molecular complexity index is 1470. The number of benzene rings is 2. The number of H-pyrrole nitrogens is 1. The minimum atomic E-state index is -4.69. The highest BCUT2D eigenvalue weighted by molar-refractivity contribution is 6.01. The molecule has 174 valence electrons. The van der Waals surface area contributed by atoms with E-state index in [1.165, 1.54) is 6.20 Å². The first-order chi connectivity index (χ1) is 17.1. The lowest BCUT2D eigenvalue weighted by molar-refractivity contribution is -0.137. The zero-order valence-corrected chi connectivity index (χ0v) is 17.5. The number of nitrogens with zero attached hydrogens (tertiary/aromatic N) is 2. The van der Waals surface area contributed by atoms with Crippen LogP contribution < -0.4 is 15.5 Å². The number of nitrogens with one attached hydrogen (secondary N) is 3. The van der Waals surface area contributed by atoms with Crippen LogP contribution in [0.2, 0.25) is 0 Å². The lowest BCUT2D eigenvalue weighted by Crippen LogP contribution is -2.21. The summed E-state index contributed by atoms with van der Waals surface area (Å²) in [4.78, 5) is 21.3. The quantitative estimate of drug-likeness (QED) is 0.323. The lowest BCUT2D eigenvalue weighted by Gasteiger charge is -2.20. The lowest BCUT2D eigenvalue weighted by atomic mass is 10.1. The zero-order valence-electron chi connectivity index (χ0n) is 19.5. The molecule has 1 aliphatic rings. The number of alkyl halides is 3. The molecule has 34 heavy (non-hydrogen) atoms. The molecule has 2 amide bonds. The van der Waals surface area contributed by atoms with Crippen LogP contribution in [-0.4, -0.2) is 22.5 Å². The van der Waals surface area contributed by atoms with Gasteiger partial charge in [-0.25, -0.2) is 14.2 Å². The molecule has 0 fully saturated rings. The second-order valence-corrected chi connectivity index (χ2v) is 7.69. The molecule has 0 bridgehead atoms. The number of carbonyl (C=O) groups is 1. The van der Waals surface area contributed by atoms with E-state index in [2.05, 4.69) is 20.6 Å². The highest BCUT2D eigenvalue weighted by atomic mass is 19.4. The van der Waals surface area contributed by atoms with Crippen molar-refractivity contribution >= 4 is 34.1 Å². The number of pyridine rings is 1. The molecule has 3 heterocycles. The van der Waals surface area contributed by atoms with Gasteiger partial charge in [-0.3, -0.25) is 0 Å². The van der Waals surface area contributed by atoms with Crippen LogP contribution in [0.1, 0.15) is 19.4 Å². The van der Waals surface area contributed by atoms with Crippen molar-refractivity contribution in [1.82, 2.24) is 9.97 Å².